The number of hydrogen-bond acceptors (Lipinski definition) is 3. The molecule has 0 heterocycles. The van der Waals surface area contributed by atoms with Crippen LogP contribution in [0.3, 0.4) is 0 Å². The summed E-state index contributed by atoms with van der Waals surface area (Å²) < 4.78 is 5.30. The van der Waals surface area contributed by atoms with Gasteiger partial charge in [0.2, 0.25) is 0 Å². The van der Waals surface area contributed by atoms with Crippen molar-refractivity contribution >= 4 is 5.97 Å². The van der Waals surface area contributed by atoms with E-state index in [1.54, 1.807) is 7.11 Å². The lowest BCUT2D eigenvalue weighted by molar-refractivity contribution is -0.141. The number of aliphatic carboxylic acids is 1. The van der Waals surface area contributed by atoms with Crippen LogP contribution >= 0.6 is 0 Å². The number of methoxy groups -OCH3 is 1. The van der Waals surface area contributed by atoms with Gasteiger partial charge in [-0.15, -0.1) is 0 Å². The van der Waals surface area contributed by atoms with Crippen molar-refractivity contribution in [3.63, 3.8) is 0 Å². The number of ether oxygens (including phenoxy) is 1. The predicted octanol–water partition coefficient (Wildman–Crippen LogP) is 3.26. The topological polar surface area (TPSA) is 49.8 Å². The SMILES string of the molecule is COc1ccc2c(c1)CCCC2N(CC(=O)O)C(C)(C)C. The zero-order chi connectivity index (χ0) is 15.6. The van der Waals surface area contributed by atoms with E-state index in [1.807, 2.05) is 6.07 Å². The van der Waals surface area contributed by atoms with E-state index in [0.717, 1.165) is 25.0 Å². The van der Waals surface area contributed by atoms with Gasteiger partial charge in [-0.25, -0.2) is 0 Å². The Morgan fingerprint density at radius 3 is 2.71 bits per heavy atom. The quantitative estimate of drug-likeness (QED) is 0.925. The molecule has 0 aromatic heterocycles. The van der Waals surface area contributed by atoms with Crippen molar-refractivity contribution < 1.29 is 14.6 Å². The molecule has 0 amide bonds. The fraction of sp³-hybridized carbons (Fsp3) is 0.588. The zero-order valence-corrected chi connectivity index (χ0v) is 13.3. The zero-order valence-electron chi connectivity index (χ0n) is 13.3. The summed E-state index contributed by atoms with van der Waals surface area (Å²) in [5, 5.41) is 9.25. The van der Waals surface area contributed by atoms with Crippen LogP contribution < -0.4 is 4.74 Å². The molecule has 1 aromatic carbocycles. The van der Waals surface area contributed by atoms with Gasteiger partial charge >= 0.3 is 5.97 Å². The van der Waals surface area contributed by atoms with Crippen molar-refractivity contribution in [1.82, 2.24) is 4.90 Å². The van der Waals surface area contributed by atoms with Crippen LogP contribution in [-0.2, 0) is 11.2 Å². The second-order valence-electron chi connectivity index (χ2n) is 6.67. The molecule has 0 bridgehead atoms. The molecule has 1 unspecified atom stereocenters. The fourth-order valence-electron chi connectivity index (χ4n) is 3.18. The van der Waals surface area contributed by atoms with Crippen molar-refractivity contribution in [3.05, 3.63) is 29.3 Å². The molecular weight excluding hydrogens is 266 g/mol. The molecule has 4 heteroatoms. The van der Waals surface area contributed by atoms with Crippen LogP contribution in [0.4, 0.5) is 0 Å². The minimum atomic E-state index is -0.773. The van der Waals surface area contributed by atoms with Crippen LogP contribution in [0.15, 0.2) is 18.2 Å². The highest BCUT2D eigenvalue weighted by Gasteiger charge is 2.34. The van der Waals surface area contributed by atoms with Crippen molar-refractivity contribution in [3.8, 4) is 5.75 Å². The number of aryl methyl sites for hydroxylation is 1. The van der Waals surface area contributed by atoms with E-state index in [9.17, 15) is 9.90 Å². The number of hydrogen-bond donors (Lipinski definition) is 1. The molecule has 1 atom stereocenters. The number of benzene rings is 1. The number of rotatable bonds is 4. The standard InChI is InChI=1S/C17H25NO3/c1-17(2,3)18(11-16(19)20)15-7-5-6-12-10-13(21-4)8-9-14(12)15/h8-10,15H,5-7,11H2,1-4H3,(H,19,20). The first kappa shape index (κ1) is 15.8. The first-order valence-corrected chi connectivity index (χ1v) is 7.48. The van der Waals surface area contributed by atoms with Gasteiger partial charge in [-0.1, -0.05) is 6.07 Å². The third kappa shape index (κ3) is 3.56. The molecule has 0 aliphatic heterocycles. The average Bonchev–Trinajstić information content (AvgIpc) is 2.42. The van der Waals surface area contributed by atoms with E-state index >= 15 is 0 Å². The van der Waals surface area contributed by atoms with E-state index in [1.165, 1.54) is 11.1 Å². The molecule has 0 spiro atoms. The minimum absolute atomic E-state index is 0.0691. The summed E-state index contributed by atoms with van der Waals surface area (Å²) in [5.41, 5.74) is 2.35. The average molecular weight is 291 g/mol. The summed E-state index contributed by atoms with van der Waals surface area (Å²) in [7, 11) is 1.67. The molecule has 1 aliphatic rings. The van der Waals surface area contributed by atoms with E-state index in [2.05, 4.69) is 37.8 Å². The third-order valence-corrected chi connectivity index (χ3v) is 4.18. The first-order valence-electron chi connectivity index (χ1n) is 7.48. The fourth-order valence-corrected chi connectivity index (χ4v) is 3.18. The van der Waals surface area contributed by atoms with Gasteiger partial charge in [0, 0.05) is 11.6 Å². The molecule has 0 radical (unpaired) electrons. The second kappa shape index (κ2) is 6.06. The highest BCUT2D eigenvalue weighted by Crippen LogP contribution is 2.38. The van der Waals surface area contributed by atoms with Gasteiger partial charge < -0.3 is 9.84 Å². The minimum Gasteiger partial charge on any atom is -0.497 e. The van der Waals surface area contributed by atoms with Gasteiger partial charge in [0.1, 0.15) is 5.75 Å². The van der Waals surface area contributed by atoms with Gasteiger partial charge in [0.05, 0.1) is 13.7 Å². The van der Waals surface area contributed by atoms with Crippen LogP contribution in [0.2, 0.25) is 0 Å². The molecule has 21 heavy (non-hydrogen) atoms. The van der Waals surface area contributed by atoms with Crippen molar-refractivity contribution in [2.24, 2.45) is 0 Å². The number of carboxylic acids is 1. The van der Waals surface area contributed by atoms with Gasteiger partial charge in [-0.3, -0.25) is 9.69 Å². The Labute approximate surface area is 126 Å². The molecule has 4 nitrogen and oxygen atoms in total. The molecule has 1 aromatic rings. The molecule has 2 rings (SSSR count). The van der Waals surface area contributed by atoms with Gasteiger partial charge in [-0.05, 0) is 63.3 Å². The van der Waals surface area contributed by atoms with Crippen molar-refractivity contribution in [2.75, 3.05) is 13.7 Å². The Morgan fingerprint density at radius 2 is 2.14 bits per heavy atom. The van der Waals surface area contributed by atoms with Crippen LogP contribution in [0.5, 0.6) is 5.75 Å². The normalized spacial score (nSPS) is 18.4. The molecule has 0 fully saturated rings. The molecule has 116 valence electrons. The van der Waals surface area contributed by atoms with Gasteiger partial charge in [-0.2, -0.15) is 0 Å². The molecular formula is C17H25NO3. The number of nitrogens with zero attached hydrogens (tertiary/aromatic N) is 1. The second-order valence-corrected chi connectivity index (χ2v) is 6.67. The van der Waals surface area contributed by atoms with E-state index in [4.69, 9.17) is 4.74 Å². The number of fused-ring (bicyclic) bond motifs is 1. The Bertz CT molecular complexity index is 519. The van der Waals surface area contributed by atoms with Crippen LogP contribution in [0, 0.1) is 0 Å². The van der Waals surface area contributed by atoms with Crippen molar-refractivity contribution in [2.45, 2.75) is 51.6 Å². The summed E-state index contributed by atoms with van der Waals surface area (Å²) in [6.45, 7) is 6.30. The lowest BCUT2D eigenvalue weighted by atomic mass is 9.84. The lowest BCUT2D eigenvalue weighted by Gasteiger charge is -2.43. The van der Waals surface area contributed by atoms with Crippen molar-refractivity contribution in [1.29, 1.82) is 0 Å². The number of carboxylic acid groups (broad SMARTS) is 1. The molecule has 1 N–H and O–H groups in total. The first-order chi connectivity index (χ1) is 9.82. The van der Waals surface area contributed by atoms with Gasteiger partial charge in [0.25, 0.3) is 0 Å². The summed E-state index contributed by atoms with van der Waals surface area (Å²) in [5.74, 6) is 0.0977. The smallest absolute Gasteiger partial charge is 0.317 e. The number of carbonyl (C=O) groups is 1. The maximum absolute atomic E-state index is 11.2. The van der Waals surface area contributed by atoms with Gasteiger partial charge in [0.15, 0.2) is 0 Å². The van der Waals surface area contributed by atoms with Crippen LogP contribution in [0.25, 0.3) is 0 Å². The monoisotopic (exact) mass is 291 g/mol. The highest BCUT2D eigenvalue weighted by molar-refractivity contribution is 5.69. The Kier molecular flexibility index (Phi) is 4.57. The Morgan fingerprint density at radius 1 is 1.43 bits per heavy atom. The van der Waals surface area contributed by atoms with Crippen LogP contribution in [-0.4, -0.2) is 35.2 Å². The molecule has 0 saturated heterocycles. The third-order valence-electron chi connectivity index (χ3n) is 4.18. The van der Waals surface area contributed by atoms with E-state index in [0.29, 0.717) is 0 Å². The largest absolute Gasteiger partial charge is 0.497 e. The maximum atomic E-state index is 11.2. The summed E-state index contributed by atoms with van der Waals surface area (Å²) >= 11 is 0. The van der Waals surface area contributed by atoms with E-state index in [-0.39, 0.29) is 18.1 Å². The summed E-state index contributed by atoms with van der Waals surface area (Å²) in [6.07, 6.45) is 3.12. The Balaban J connectivity index is 2.38. The molecule has 1 aliphatic carbocycles. The van der Waals surface area contributed by atoms with E-state index < -0.39 is 5.97 Å². The predicted molar refractivity (Wildman–Crippen MR) is 82.8 cm³/mol. The maximum Gasteiger partial charge on any atom is 0.317 e. The Hall–Kier alpha value is -1.55. The molecule has 0 saturated carbocycles. The summed E-state index contributed by atoms with van der Waals surface area (Å²) in [4.78, 5) is 13.3. The summed E-state index contributed by atoms with van der Waals surface area (Å²) in [6, 6.07) is 6.32. The lowest BCUT2D eigenvalue weighted by Crippen LogP contribution is -2.47. The van der Waals surface area contributed by atoms with Crippen LogP contribution in [0.1, 0.15) is 50.8 Å². The highest BCUT2D eigenvalue weighted by atomic mass is 16.5.